The van der Waals surface area contributed by atoms with Gasteiger partial charge in [-0.15, -0.1) is 0 Å². The number of phenols is 1. The van der Waals surface area contributed by atoms with Gasteiger partial charge >= 0.3 is 0 Å². The maximum absolute atomic E-state index is 14.1. The Hall–Kier alpha value is -4.44. The Morgan fingerprint density at radius 1 is 1.00 bits per heavy atom. The van der Waals surface area contributed by atoms with Crippen LogP contribution in [-0.2, 0) is 11.3 Å². The van der Waals surface area contributed by atoms with Crippen molar-refractivity contribution in [3.63, 3.8) is 0 Å². The van der Waals surface area contributed by atoms with Crippen molar-refractivity contribution >= 4 is 17.7 Å². The number of carbonyl (C=O) groups is 3. The molecule has 2 saturated heterocycles. The second-order valence-electron chi connectivity index (χ2n) is 10.4. The van der Waals surface area contributed by atoms with Crippen molar-refractivity contribution in [2.24, 2.45) is 0 Å². The van der Waals surface area contributed by atoms with Gasteiger partial charge in [-0.3, -0.25) is 19.3 Å². The Kier molecular flexibility index (Phi) is 7.08. The molecule has 0 radical (unpaired) electrons. The third-order valence-electron chi connectivity index (χ3n) is 7.89. The number of nitrogens with one attached hydrogen (secondary N) is 1. The van der Waals surface area contributed by atoms with Crippen molar-refractivity contribution in [3.05, 3.63) is 89.6 Å². The fourth-order valence-corrected chi connectivity index (χ4v) is 5.85. The second-order valence-corrected chi connectivity index (χ2v) is 10.4. The lowest BCUT2D eigenvalue weighted by molar-refractivity contribution is -0.141. The maximum atomic E-state index is 14.1. The maximum Gasteiger partial charge on any atom is 0.257 e. The summed E-state index contributed by atoms with van der Waals surface area (Å²) in [5.74, 6) is -0.127. The fraction of sp³-hybridized carbons (Fsp3) is 0.333. The number of benzene rings is 2. The van der Waals surface area contributed by atoms with Gasteiger partial charge in [-0.2, -0.15) is 0 Å². The van der Waals surface area contributed by atoms with Crippen LogP contribution in [0.25, 0.3) is 0 Å². The lowest BCUT2D eigenvalue weighted by atomic mass is 10.1. The SMILES string of the molecule is O=C1N[C@@H]2C[C@@H](C(=O)N3CCN(C(=O)c4ccccc4)C[C@H]3COc3ncccc31)N(Cc1ccccc1O)C2. The van der Waals surface area contributed by atoms with Crippen molar-refractivity contribution in [2.45, 2.75) is 31.1 Å². The molecule has 2 aromatic carbocycles. The van der Waals surface area contributed by atoms with Crippen LogP contribution in [0.4, 0.5) is 0 Å². The molecule has 2 fully saturated rings. The number of aromatic nitrogens is 1. The molecule has 40 heavy (non-hydrogen) atoms. The number of phenolic OH excluding ortho intramolecular Hbond substituents is 1. The van der Waals surface area contributed by atoms with Crippen LogP contribution in [0.2, 0.25) is 0 Å². The average Bonchev–Trinajstić information content (AvgIpc) is 3.38. The lowest BCUT2D eigenvalue weighted by Gasteiger charge is -2.43. The Labute approximate surface area is 232 Å². The summed E-state index contributed by atoms with van der Waals surface area (Å²) in [6.45, 7) is 1.95. The summed E-state index contributed by atoms with van der Waals surface area (Å²) in [5.41, 5.74) is 1.63. The zero-order valence-electron chi connectivity index (χ0n) is 22.0. The summed E-state index contributed by atoms with van der Waals surface area (Å²) < 4.78 is 6.06. The number of ether oxygens (including phenoxy) is 1. The number of pyridine rings is 1. The van der Waals surface area contributed by atoms with Crippen molar-refractivity contribution in [1.82, 2.24) is 25.0 Å². The van der Waals surface area contributed by atoms with Gasteiger partial charge in [0.25, 0.3) is 11.8 Å². The van der Waals surface area contributed by atoms with E-state index in [0.717, 1.165) is 0 Å². The van der Waals surface area contributed by atoms with E-state index in [9.17, 15) is 19.5 Å². The first-order valence-corrected chi connectivity index (χ1v) is 13.5. The summed E-state index contributed by atoms with van der Waals surface area (Å²) in [4.78, 5) is 50.5. The Morgan fingerprint density at radius 3 is 2.62 bits per heavy atom. The van der Waals surface area contributed by atoms with E-state index in [0.29, 0.717) is 55.8 Å². The van der Waals surface area contributed by atoms with Gasteiger partial charge < -0.3 is 25.0 Å². The minimum atomic E-state index is -0.503. The van der Waals surface area contributed by atoms with Gasteiger partial charge in [0.2, 0.25) is 11.8 Å². The number of piperazine rings is 1. The highest BCUT2D eigenvalue weighted by Crippen LogP contribution is 2.29. The number of likely N-dealkylation sites (tertiary alicyclic amines) is 1. The molecule has 206 valence electrons. The number of rotatable bonds is 3. The molecule has 0 spiro atoms. The van der Waals surface area contributed by atoms with E-state index in [1.54, 1.807) is 47.5 Å². The van der Waals surface area contributed by atoms with Gasteiger partial charge in [-0.25, -0.2) is 4.98 Å². The van der Waals surface area contributed by atoms with E-state index >= 15 is 0 Å². The number of carbonyl (C=O) groups excluding carboxylic acids is 3. The number of aromatic hydroxyl groups is 1. The molecule has 10 heteroatoms. The average molecular weight is 542 g/mol. The molecule has 3 aliphatic heterocycles. The molecule has 6 rings (SSSR count). The highest BCUT2D eigenvalue weighted by atomic mass is 16.5. The zero-order chi connectivity index (χ0) is 27.6. The minimum Gasteiger partial charge on any atom is -0.508 e. The summed E-state index contributed by atoms with van der Waals surface area (Å²) in [5, 5.41) is 13.5. The first kappa shape index (κ1) is 25.8. The Bertz CT molecular complexity index is 1420. The van der Waals surface area contributed by atoms with E-state index in [2.05, 4.69) is 10.3 Å². The standard InChI is InChI=1S/C30H31N5O5/c36-26-11-5-4-9-21(26)16-34-17-22-15-25(34)30(39)35-14-13-33(29(38)20-7-2-1-3-8-20)18-23(35)19-40-28-24(27(37)32-22)10-6-12-31-28/h1-12,22-23,25,36H,13-19H2,(H,32,37)/t22-,23+,25+/m1/s1. The number of para-hydroxylation sites is 1. The predicted octanol–water partition coefficient (Wildman–Crippen LogP) is 1.91. The van der Waals surface area contributed by atoms with Gasteiger partial charge in [0.15, 0.2) is 0 Å². The Balaban J connectivity index is 1.32. The van der Waals surface area contributed by atoms with Crippen molar-refractivity contribution < 1.29 is 24.2 Å². The second kappa shape index (κ2) is 11.0. The molecule has 2 N–H and O–H groups in total. The van der Waals surface area contributed by atoms with Gasteiger partial charge in [0.05, 0.1) is 12.1 Å². The molecule has 0 unspecified atom stereocenters. The molecular weight excluding hydrogens is 510 g/mol. The van der Waals surface area contributed by atoms with E-state index in [-0.39, 0.29) is 42.0 Å². The Morgan fingerprint density at radius 2 is 1.80 bits per heavy atom. The highest BCUT2D eigenvalue weighted by molar-refractivity contribution is 5.97. The third kappa shape index (κ3) is 5.10. The smallest absolute Gasteiger partial charge is 0.257 e. The fourth-order valence-electron chi connectivity index (χ4n) is 5.85. The quantitative estimate of drug-likeness (QED) is 0.521. The molecule has 3 aromatic rings. The number of amides is 3. The van der Waals surface area contributed by atoms with Crippen LogP contribution in [0.1, 0.15) is 32.7 Å². The molecule has 1 aromatic heterocycles. The third-order valence-corrected chi connectivity index (χ3v) is 7.89. The monoisotopic (exact) mass is 541 g/mol. The van der Waals surface area contributed by atoms with Gasteiger partial charge in [0.1, 0.15) is 17.9 Å². The van der Waals surface area contributed by atoms with Crippen molar-refractivity contribution in [1.29, 1.82) is 0 Å². The van der Waals surface area contributed by atoms with E-state index in [1.807, 2.05) is 40.1 Å². The van der Waals surface area contributed by atoms with Crippen LogP contribution in [0.15, 0.2) is 72.9 Å². The summed E-state index contributed by atoms with van der Waals surface area (Å²) >= 11 is 0. The van der Waals surface area contributed by atoms with Crippen LogP contribution in [0.5, 0.6) is 11.6 Å². The normalized spacial score (nSPS) is 23.2. The number of nitrogens with zero attached hydrogens (tertiary/aromatic N) is 4. The number of fused-ring (bicyclic) bond motifs is 4. The first-order valence-electron chi connectivity index (χ1n) is 13.5. The minimum absolute atomic E-state index is 0.0746. The molecule has 2 bridgehead atoms. The number of hydrogen-bond donors (Lipinski definition) is 2. The van der Waals surface area contributed by atoms with E-state index in [4.69, 9.17) is 4.74 Å². The summed E-state index contributed by atoms with van der Waals surface area (Å²) in [6.07, 6.45) is 2.00. The summed E-state index contributed by atoms with van der Waals surface area (Å²) in [6, 6.07) is 18.3. The molecule has 0 aliphatic carbocycles. The van der Waals surface area contributed by atoms with Gasteiger partial charge in [-0.1, -0.05) is 36.4 Å². The highest BCUT2D eigenvalue weighted by Gasteiger charge is 2.43. The first-order chi connectivity index (χ1) is 19.5. The van der Waals surface area contributed by atoms with E-state index in [1.165, 1.54) is 0 Å². The van der Waals surface area contributed by atoms with Crippen LogP contribution in [0, 0.1) is 0 Å². The molecule has 10 nitrogen and oxygen atoms in total. The molecular formula is C30H31N5O5. The van der Waals surface area contributed by atoms with Crippen LogP contribution >= 0.6 is 0 Å². The lowest BCUT2D eigenvalue weighted by Crippen LogP contribution is -2.61. The molecule has 0 saturated carbocycles. The zero-order valence-corrected chi connectivity index (χ0v) is 22.0. The van der Waals surface area contributed by atoms with Gasteiger partial charge in [-0.05, 0) is 36.8 Å². The van der Waals surface area contributed by atoms with Crippen LogP contribution in [0.3, 0.4) is 0 Å². The van der Waals surface area contributed by atoms with Crippen LogP contribution in [-0.4, -0.2) is 93.4 Å². The largest absolute Gasteiger partial charge is 0.508 e. The number of hydrogen-bond acceptors (Lipinski definition) is 7. The van der Waals surface area contributed by atoms with E-state index < -0.39 is 12.1 Å². The van der Waals surface area contributed by atoms with Crippen molar-refractivity contribution in [2.75, 3.05) is 32.8 Å². The van der Waals surface area contributed by atoms with Crippen LogP contribution < -0.4 is 10.1 Å². The topological polar surface area (TPSA) is 115 Å². The van der Waals surface area contributed by atoms with Crippen molar-refractivity contribution in [3.8, 4) is 11.6 Å². The molecule has 4 heterocycles. The summed E-state index contributed by atoms with van der Waals surface area (Å²) in [7, 11) is 0. The molecule has 3 amide bonds. The molecule has 3 aliphatic rings. The molecule has 3 atom stereocenters. The predicted molar refractivity (Wildman–Crippen MR) is 146 cm³/mol. The van der Waals surface area contributed by atoms with Gasteiger partial charge in [0, 0.05) is 56.1 Å².